The number of amides is 1. The Balaban J connectivity index is 2.48. The Morgan fingerprint density at radius 3 is 2.57 bits per heavy atom. The lowest BCUT2D eigenvalue weighted by Crippen LogP contribution is -2.27. The third kappa shape index (κ3) is 5.69. The van der Waals surface area contributed by atoms with Gasteiger partial charge in [-0.3, -0.25) is 9.59 Å². The Hall–Kier alpha value is -1.04. The monoisotopic (exact) mass is 352 g/mol. The van der Waals surface area contributed by atoms with E-state index in [4.69, 9.17) is 39.9 Å². The Labute approximate surface area is 137 Å². The molecule has 0 bridgehead atoms. The van der Waals surface area contributed by atoms with E-state index in [0.29, 0.717) is 19.4 Å². The molecular weight excluding hydrogens is 339 g/mol. The second-order valence-electron chi connectivity index (χ2n) is 4.66. The fraction of sp³-hybridized carbons (Fsp3) is 0.462. The van der Waals surface area contributed by atoms with Gasteiger partial charge in [-0.25, -0.2) is 4.98 Å². The minimum atomic E-state index is -0.822. The maximum atomic E-state index is 11.9. The number of hydrogen-bond donors (Lipinski definition) is 2. The molecular formula is C13H15Cl3N2O3. The molecule has 5 nitrogen and oxygen atoms in total. The number of halogens is 3. The van der Waals surface area contributed by atoms with Crippen molar-refractivity contribution < 1.29 is 14.7 Å². The number of carboxylic acid groups (broad SMARTS) is 1. The lowest BCUT2D eigenvalue weighted by atomic mass is 10.0. The summed E-state index contributed by atoms with van der Waals surface area (Å²) in [5.74, 6) is -1.07. The van der Waals surface area contributed by atoms with Crippen molar-refractivity contribution in [3.05, 3.63) is 27.0 Å². The number of aromatic nitrogens is 1. The Morgan fingerprint density at radius 2 is 1.95 bits per heavy atom. The van der Waals surface area contributed by atoms with Gasteiger partial charge in [-0.1, -0.05) is 41.7 Å². The highest BCUT2D eigenvalue weighted by Gasteiger charge is 2.17. The van der Waals surface area contributed by atoms with Crippen molar-refractivity contribution in [1.82, 2.24) is 10.3 Å². The molecule has 1 unspecified atom stereocenters. The van der Waals surface area contributed by atoms with E-state index in [1.54, 1.807) is 0 Å². The predicted molar refractivity (Wildman–Crippen MR) is 82.3 cm³/mol. The summed E-state index contributed by atoms with van der Waals surface area (Å²) in [5.41, 5.74) is 0.0178. The number of carboxylic acids is 1. The molecule has 0 fully saturated rings. The van der Waals surface area contributed by atoms with Gasteiger partial charge in [0.1, 0.15) is 5.69 Å². The summed E-state index contributed by atoms with van der Waals surface area (Å²) >= 11 is 17.5. The summed E-state index contributed by atoms with van der Waals surface area (Å²) in [6, 6.07) is 0. The highest BCUT2D eigenvalue weighted by molar-refractivity contribution is 6.48. The van der Waals surface area contributed by atoms with Crippen LogP contribution in [-0.4, -0.2) is 28.5 Å². The molecule has 2 N–H and O–H groups in total. The van der Waals surface area contributed by atoms with E-state index in [2.05, 4.69) is 10.3 Å². The molecule has 1 heterocycles. The number of pyridine rings is 1. The van der Waals surface area contributed by atoms with Crippen molar-refractivity contribution in [2.45, 2.75) is 26.2 Å². The fourth-order valence-corrected chi connectivity index (χ4v) is 2.20. The van der Waals surface area contributed by atoms with Gasteiger partial charge in [0.25, 0.3) is 5.91 Å². The van der Waals surface area contributed by atoms with Gasteiger partial charge in [0.15, 0.2) is 0 Å². The summed E-state index contributed by atoms with van der Waals surface area (Å²) < 4.78 is 0. The second-order valence-corrected chi connectivity index (χ2v) is 5.83. The molecule has 0 spiro atoms. The van der Waals surface area contributed by atoms with Crippen LogP contribution in [0.1, 0.15) is 36.7 Å². The van der Waals surface area contributed by atoms with Crippen molar-refractivity contribution >= 4 is 46.7 Å². The third-order valence-corrected chi connectivity index (χ3v) is 4.15. The highest BCUT2D eigenvalue weighted by atomic mass is 35.5. The van der Waals surface area contributed by atoms with E-state index >= 15 is 0 Å². The zero-order valence-electron chi connectivity index (χ0n) is 11.3. The summed E-state index contributed by atoms with van der Waals surface area (Å²) in [7, 11) is 0. The highest BCUT2D eigenvalue weighted by Crippen LogP contribution is 2.30. The van der Waals surface area contributed by atoms with Gasteiger partial charge in [0.2, 0.25) is 0 Å². The van der Waals surface area contributed by atoms with E-state index < -0.39 is 11.9 Å². The second kappa shape index (κ2) is 8.41. The molecule has 1 aromatic heterocycles. The van der Waals surface area contributed by atoms with Crippen molar-refractivity contribution in [2.24, 2.45) is 5.92 Å². The topological polar surface area (TPSA) is 79.3 Å². The average molecular weight is 354 g/mol. The lowest BCUT2D eigenvalue weighted by molar-refractivity contribution is -0.137. The zero-order valence-corrected chi connectivity index (χ0v) is 13.6. The first-order chi connectivity index (χ1) is 9.82. The smallest absolute Gasteiger partial charge is 0.303 e. The van der Waals surface area contributed by atoms with Crippen LogP contribution < -0.4 is 5.32 Å². The minimum absolute atomic E-state index is 0.0144. The van der Waals surface area contributed by atoms with E-state index in [9.17, 15) is 9.59 Å². The molecule has 1 aromatic rings. The Bertz CT molecular complexity index is 538. The first-order valence-electron chi connectivity index (χ1n) is 6.32. The number of nitrogens with zero attached hydrogens (tertiary/aromatic N) is 1. The molecule has 0 radical (unpaired) electrons. The summed E-state index contributed by atoms with van der Waals surface area (Å²) in [5, 5.41) is 11.5. The molecule has 0 saturated carbocycles. The van der Waals surface area contributed by atoms with Gasteiger partial charge in [-0.15, -0.1) is 0 Å². The van der Waals surface area contributed by atoms with Crippen LogP contribution in [0.3, 0.4) is 0 Å². The maximum Gasteiger partial charge on any atom is 0.303 e. The van der Waals surface area contributed by atoms with Crippen LogP contribution in [0.2, 0.25) is 15.1 Å². The molecule has 0 aliphatic heterocycles. The van der Waals surface area contributed by atoms with Crippen LogP contribution in [0, 0.1) is 5.92 Å². The van der Waals surface area contributed by atoms with E-state index in [-0.39, 0.29) is 33.1 Å². The van der Waals surface area contributed by atoms with Crippen molar-refractivity contribution in [2.75, 3.05) is 6.54 Å². The van der Waals surface area contributed by atoms with Crippen LogP contribution in [0.4, 0.5) is 0 Å². The van der Waals surface area contributed by atoms with E-state index in [1.807, 2.05) is 6.92 Å². The molecule has 116 valence electrons. The van der Waals surface area contributed by atoms with Crippen LogP contribution >= 0.6 is 34.8 Å². The summed E-state index contributed by atoms with van der Waals surface area (Å²) in [6.45, 7) is 2.33. The van der Waals surface area contributed by atoms with Crippen LogP contribution in [0.25, 0.3) is 0 Å². The minimum Gasteiger partial charge on any atom is -0.481 e. The third-order valence-electron chi connectivity index (χ3n) is 2.91. The molecule has 1 atom stereocenters. The molecule has 8 heteroatoms. The van der Waals surface area contributed by atoms with Crippen LogP contribution in [0.15, 0.2) is 6.20 Å². The number of rotatable bonds is 7. The SMILES string of the molecule is CC(CCNC(=O)c1ncc(Cl)c(Cl)c1Cl)CCC(=O)O. The first-order valence-corrected chi connectivity index (χ1v) is 7.45. The number of nitrogens with one attached hydrogen (secondary N) is 1. The average Bonchev–Trinajstić information content (AvgIpc) is 2.42. The van der Waals surface area contributed by atoms with Gasteiger partial charge >= 0.3 is 5.97 Å². The Morgan fingerprint density at radius 1 is 1.29 bits per heavy atom. The quantitative estimate of drug-likeness (QED) is 0.784. The molecule has 0 aliphatic carbocycles. The number of aliphatic carboxylic acids is 1. The zero-order chi connectivity index (χ0) is 16.0. The lowest BCUT2D eigenvalue weighted by Gasteiger charge is -2.11. The molecule has 0 saturated heterocycles. The van der Waals surface area contributed by atoms with Crippen molar-refractivity contribution in [3.8, 4) is 0 Å². The van der Waals surface area contributed by atoms with Crippen molar-refractivity contribution in [1.29, 1.82) is 0 Å². The molecule has 0 aliphatic rings. The van der Waals surface area contributed by atoms with Gasteiger partial charge in [-0.05, 0) is 18.8 Å². The standard InChI is InChI=1S/C13H15Cl3N2O3/c1-7(2-3-9(19)20)4-5-17-13(21)12-11(16)10(15)8(14)6-18-12/h6-7H,2-5H2,1H3,(H,17,21)(H,19,20). The van der Waals surface area contributed by atoms with Gasteiger partial charge in [-0.2, -0.15) is 0 Å². The molecule has 21 heavy (non-hydrogen) atoms. The molecule has 1 amide bonds. The fourth-order valence-electron chi connectivity index (χ4n) is 1.63. The number of carbonyl (C=O) groups is 2. The summed E-state index contributed by atoms with van der Waals surface area (Å²) in [4.78, 5) is 26.2. The number of carbonyl (C=O) groups excluding carboxylic acids is 1. The predicted octanol–water partition coefficient (Wildman–Crippen LogP) is 3.66. The Kier molecular flexibility index (Phi) is 7.22. The normalized spacial score (nSPS) is 12.0. The molecule has 0 aromatic carbocycles. The first kappa shape index (κ1) is 18.0. The largest absolute Gasteiger partial charge is 0.481 e. The van der Waals surface area contributed by atoms with E-state index in [1.165, 1.54) is 6.20 Å². The van der Waals surface area contributed by atoms with Crippen LogP contribution in [0.5, 0.6) is 0 Å². The maximum absolute atomic E-state index is 11.9. The van der Waals surface area contributed by atoms with Crippen LogP contribution in [-0.2, 0) is 4.79 Å². The van der Waals surface area contributed by atoms with Gasteiger partial charge < -0.3 is 10.4 Å². The van der Waals surface area contributed by atoms with Crippen molar-refractivity contribution in [3.63, 3.8) is 0 Å². The molecule has 1 rings (SSSR count). The van der Waals surface area contributed by atoms with Gasteiger partial charge in [0, 0.05) is 19.2 Å². The number of hydrogen-bond acceptors (Lipinski definition) is 3. The summed E-state index contributed by atoms with van der Waals surface area (Å²) in [6.07, 6.45) is 2.62. The van der Waals surface area contributed by atoms with E-state index in [0.717, 1.165) is 0 Å². The van der Waals surface area contributed by atoms with Gasteiger partial charge in [0.05, 0.1) is 15.1 Å².